The van der Waals surface area contributed by atoms with Gasteiger partial charge in [0.15, 0.2) is 5.78 Å². The van der Waals surface area contributed by atoms with Crippen LogP contribution in [0.3, 0.4) is 0 Å². The number of amides is 1. The summed E-state index contributed by atoms with van der Waals surface area (Å²) in [6.07, 6.45) is 0.850. The molecule has 3 N–H and O–H groups in total. The van der Waals surface area contributed by atoms with E-state index < -0.39 is 5.92 Å². The van der Waals surface area contributed by atoms with Crippen molar-refractivity contribution < 1.29 is 14.7 Å². The molecule has 4 aromatic rings. The number of aliphatic hydroxyl groups excluding tert-OH is 1. The molecule has 3 aromatic carbocycles. The van der Waals surface area contributed by atoms with E-state index in [1.54, 1.807) is 0 Å². The van der Waals surface area contributed by atoms with Gasteiger partial charge in [0.05, 0.1) is 5.92 Å². The van der Waals surface area contributed by atoms with Crippen molar-refractivity contribution in [2.24, 2.45) is 0 Å². The van der Waals surface area contributed by atoms with Crippen LogP contribution in [0, 0.1) is 0 Å². The Hall–Kier alpha value is -4.12. The monoisotopic (exact) mass is 464 g/mol. The average Bonchev–Trinajstić information content (AvgIpc) is 3.38. The van der Waals surface area contributed by atoms with E-state index in [1.807, 2.05) is 78.9 Å². The van der Waals surface area contributed by atoms with Crippen LogP contribution in [0.15, 0.2) is 96.3 Å². The van der Waals surface area contributed by atoms with Crippen LogP contribution in [0.5, 0.6) is 0 Å². The van der Waals surface area contributed by atoms with Crippen LogP contribution in [0.25, 0.3) is 10.9 Å². The summed E-state index contributed by atoms with van der Waals surface area (Å²) >= 11 is 0. The number of aromatic amines is 1. The molecule has 35 heavy (non-hydrogen) atoms. The van der Waals surface area contributed by atoms with E-state index in [9.17, 15) is 14.7 Å². The summed E-state index contributed by atoms with van der Waals surface area (Å²) in [5.74, 6) is -0.782. The van der Waals surface area contributed by atoms with Crippen molar-refractivity contribution in [1.29, 1.82) is 0 Å². The third-order valence-corrected chi connectivity index (χ3v) is 6.80. The number of fused-ring (bicyclic) bond motifs is 1. The van der Waals surface area contributed by atoms with Crippen molar-refractivity contribution >= 4 is 22.6 Å². The number of carbonyl (C=O) groups is 2. The first kappa shape index (κ1) is 22.7. The number of Topliss-reactive ketones (excluding diaryl/α,β-unsaturated/α-hetero) is 1. The second-order valence-corrected chi connectivity index (χ2v) is 9.03. The highest BCUT2D eigenvalue weighted by atomic mass is 16.3. The van der Waals surface area contributed by atoms with Gasteiger partial charge in [-0.15, -0.1) is 0 Å². The average molecular weight is 465 g/mol. The van der Waals surface area contributed by atoms with Crippen molar-refractivity contribution in [2.75, 3.05) is 6.54 Å². The third kappa shape index (κ3) is 4.37. The van der Waals surface area contributed by atoms with Crippen molar-refractivity contribution in [1.82, 2.24) is 10.3 Å². The number of benzene rings is 3. The standard InChI is InChI=1S/C30H28N2O3/c1-19(33)31-17-16-23-22-14-8-9-15-25(22)32-29(23)27(21-12-6-3-7-13-21)28-26(34)18-24(30(28)35)20-10-4-2-5-11-20/h2-15,24,27,32,35H,16-18H2,1H3,(H,31,33). The summed E-state index contributed by atoms with van der Waals surface area (Å²) in [5.41, 5.74) is 5.20. The lowest BCUT2D eigenvalue weighted by Crippen LogP contribution is -2.23. The number of carbonyl (C=O) groups excluding carboxylic acids is 2. The highest BCUT2D eigenvalue weighted by molar-refractivity contribution is 6.02. The van der Waals surface area contributed by atoms with Crippen LogP contribution in [0.2, 0.25) is 0 Å². The fraction of sp³-hybridized carbons (Fsp3) is 0.200. The van der Waals surface area contributed by atoms with Crippen molar-refractivity contribution in [3.05, 3.63) is 119 Å². The minimum atomic E-state index is -0.447. The summed E-state index contributed by atoms with van der Waals surface area (Å²) < 4.78 is 0. The van der Waals surface area contributed by atoms with Gasteiger partial charge < -0.3 is 15.4 Å². The van der Waals surface area contributed by atoms with E-state index in [-0.39, 0.29) is 29.8 Å². The Morgan fingerprint density at radius 1 is 1.00 bits per heavy atom. The Morgan fingerprint density at radius 3 is 2.37 bits per heavy atom. The van der Waals surface area contributed by atoms with Crippen LogP contribution in [-0.4, -0.2) is 28.3 Å². The first-order chi connectivity index (χ1) is 17.0. The topological polar surface area (TPSA) is 82.2 Å². The molecule has 176 valence electrons. The molecule has 0 saturated carbocycles. The van der Waals surface area contributed by atoms with E-state index >= 15 is 0 Å². The van der Waals surface area contributed by atoms with Crippen LogP contribution in [-0.2, 0) is 16.0 Å². The molecule has 2 atom stereocenters. The number of hydrogen-bond donors (Lipinski definition) is 3. The minimum absolute atomic E-state index is 0.0447. The van der Waals surface area contributed by atoms with Gasteiger partial charge in [0, 0.05) is 48.0 Å². The number of rotatable bonds is 7. The summed E-state index contributed by atoms with van der Waals surface area (Å²) in [6.45, 7) is 1.99. The zero-order chi connectivity index (χ0) is 24.4. The molecule has 2 unspecified atom stereocenters. The molecule has 1 aromatic heterocycles. The summed E-state index contributed by atoms with van der Waals surface area (Å²) in [5, 5.41) is 15.4. The van der Waals surface area contributed by atoms with E-state index in [2.05, 4.69) is 16.4 Å². The van der Waals surface area contributed by atoms with Gasteiger partial charge >= 0.3 is 0 Å². The van der Waals surface area contributed by atoms with Gasteiger partial charge in [-0.25, -0.2) is 0 Å². The molecular formula is C30H28N2O3. The number of nitrogens with one attached hydrogen (secondary N) is 2. The molecule has 0 radical (unpaired) electrons. The number of ketones is 1. The molecule has 5 nitrogen and oxygen atoms in total. The highest BCUT2D eigenvalue weighted by Crippen LogP contribution is 2.45. The zero-order valence-corrected chi connectivity index (χ0v) is 19.6. The Morgan fingerprint density at radius 2 is 1.66 bits per heavy atom. The molecule has 5 rings (SSSR count). The molecule has 1 heterocycles. The van der Waals surface area contributed by atoms with E-state index in [1.165, 1.54) is 6.92 Å². The molecule has 0 saturated heterocycles. The van der Waals surface area contributed by atoms with Gasteiger partial charge in [-0.05, 0) is 29.2 Å². The maximum absolute atomic E-state index is 13.5. The van der Waals surface area contributed by atoms with Gasteiger partial charge in [-0.3, -0.25) is 9.59 Å². The second kappa shape index (κ2) is 9.63. The molecule has 0 aliphatic heterocycles. The van der Waals surface area contributed by atoms with Crippen LogP contribution >= 0.6 is 0 Å². The Kier molecular flexibility index (Phi) is 6.23. The minimum Gasteiger partial charge on any atom is -0.511 e. The Labute approximate surface area is 204 Å². The normalized spacial score (nSPS) is 16.6. The van der Waals surface area contributed by atoms with E-state index in [4.69, 9.17) is 0 Å². The molecule has 0 bridgehead atoms. The first-order valence-electron chi connectivity index (χ1n) is 11.9. The number of aliphatic hydroxyl groups is 1. The lowest BCUT2D eigenvalue weighted by molar-refractivity contribution is -0.119. The fourth-order valence-electron chi connectivity index (χ4n) is 5.22. The Bertz CT molecular complexity index is 1400. The molecule has 1 aliphatic carbocycles. The number of aromatic nitrogens is 1. The number of hydrogen-bond acceptors (Lipinski definition) is 3. The van der Waals surface area contributed by atoms with Gasteiger partial charge in [-0.2, -0.15) is 0 Å². The quantitative estimate of drug-likeness (QED) is 0.336. The molecule has 0 fully saturated rings. The maximum atomic E-state index is 13.5. The van der Waals surface area contributed by atoms with E-state index in [0.29, 0.717) is 18.5 Å². The number of allylic oxidation sites excluding steroid dienone is 2. The van der Waals surface area contributed by atoms with Crippen molar-refractivity contribution in [2.45, 2.75) is 31.6 Å². The maximum Gasteiger partial charge on any atom is 0.216 e. The highest BCUT2D eigenvalue weighted by Gasteiger charge is 2.40. The predicted molar refractivity (Wildman–Crippen MR) is 137 cm³/mol. The molecular weight excluding hydrogens is 436 g/mol. The Balaban J connectivity index is 1.69. The lowest BCUT2D eigenvalue weighted by Gasteiger charge is -2.20. The van der Waals surface area contributed by atoms with Gasteiger partial charge in [0.2, 0.25) is 5.91 Å². The SMILES string of the molecule is CC(=O)NCCc1c(C(C2=C(O)C(c3ccccc3)CC2=O)c2ccccc2)[nH]c2ccccc12. The predicted octanol–water partition coefficient (Wildman–Crippen LogP) is 5.55. The van der Waals surface area contributed by atoms with Crippen LogP contribution in [0.1, 0.15) is 47.6 Å². The van der Waals surface area contributed by atoms with Gasteiger partial charge in [0.1, 0.15) is 5.76 Å². The third-order valence-electron chi connectivity index (χ3n) is 6.80. The molecule has 1 aliphatic rings. The number of para-hydroxylation sites is 1. The second-order valence-electron chi connectivity index (χ2n) is 9.03. The lowest BCUT2D eigenvalue weighted by atomic mass is 9.84. The van der Waals surface area contributed by atoms with E-state index in [0.717, 1.165) is 33.3 Å². The largest absolute Gasteiger partial charge is 0.511 e. The van der Waals surface area contributed by atoms with Crippen molar-refractivity contribution in [3.63, 3.8) is 0 Å². The molecule has 0 spiro atoms. The summed E-state index contributed by atoms with van der Waals surface area (Å²) in [6, 6.07) is 27.6. The van der Waals surface area contributed by atoms with Crippen molar-refractivity contribution in [3.8, 4) is 0 Å². The smallest absolute Gasteiger partial charge is 0.216 e. The molecule has 1 amide bonds. The number of H-pyrrole nitrogens is 1. The summed E-state index contributed by atoms with van der Waals surface area (Å²) in [4.78, 5) is 28.6. The van der Waals surface area contributed by atoms with Crippen LogP contribution < -0.4 is 5.32 Å². The summed E-state index contributed by atoms with van der Waals surface area (Å²) in [7, 11) is 0. The fourth-order valence-corrected chi connectivity index (χ4v) is 5.22. The van der Waals surface area contributed by atoms with Gasteiger partial charge in [0.25, 0.3) is 0 Å². The molecule has 5 heteroatoms. The van der Waals surface area contributed by atoms with Crippen LogP contribution in [0.4, 0.5) is 0 Å². The first-order valence-corrected chi connectivity index (χ1v) is 11.9. The van der Waals surface area contributed by atoms with Gasteiger partial charge in [-0.1, -0.05) is 78.9 Å². The zero-order valence-electron chi connectivity index (χ0n) is 19.6.